The van der Waals surface area contributed by atoms with Gasteiger partial charge in [-0.25, -0.2) is 0 Å². The van der Waals surface area contributed by atoms with Crippen LogP contribution in [-0.4, -0.2) is 17.5 Å². The largest absolute Gasteiger partial charge is 0.389 e. The van der Waals surface area contributed by atoms with Crippen molar-refractivity contribution in [1.82, 2.24) is 0 Å². The molecule has 1 rings (SSSR count). The third-order valence-corrected chi connectivity index (χ3v) is 4.06. The number of hydrogen-bond donors (Lipinski definition) is 1. The van der Waals surface area contributed by atoms with Gasteiger partial charge in [0.05, 0.1) is 0 Å². The van der Waals surface area contributed by atoms with Gasteiger partial charge in [0.2, 0.25) is 0 Å². The molecule has 1 N–H and O–H groups in total. The Morgan fingerprint density at radius 2 is 2.00 bits per heavy atom. The van der Waals surface area contributed by atoms with Crippen molar-refractivity contribution < 1.29 is 9.90 Å². The van der Waals surface area contributed by atoms with Gasteiger partial charge in [-0.1, -0.05) is 46.0 Å². The van der Waals surface area contributed by atoms with Gasteiger partial charge in [0.15, 0.2) is 5.78 Å². The highest BCUT2D eigenvalue weighted by Crippen LogP contribution is 2.52. The van der Waals surface area contributed by atoms with Crippen LogP contribution in [0, 0.1) is 11.3 Å². The van der Waals surface area contributed by atoms with Gasteiger partial charge in [0.25, 0.3) is 0 Å². The molecule has 0 bridgehead atoms. The number of carbonyl (C=O) groups excluding carboxylic acids is 1. The van der Waals surface area contributed by atoms with Crippen LogP contribution in [0.1, 0.15) is 65.2 Å². The number of hydrogen-bond acceptors (Lipinski definition) is 2. The molecule has 1 fully saturated rings. The zero-order valence-corrected chi connectivity index (χ0v) is 10.8. The van der Waals surface area contributed by atoms with Gasteiger partial charge in [0.1, 0.15) is 6.61 Å². The molecule has 1 unspecified atom stereocenters. The molecule has 0 aromatic carbocycles. The van der Waals surface area contributed by atoms with Gasteiger partial charge >= 0.3 is 0 Å². The zero-order chi connectivity index (χ0) is 12.0. The lowest BCUT2D eigenvalue weighted by Crippen LogP contribution is -2.22. The van der Waals surface area contributed by atoms with Crippen LogP contribution in [0.4, 0.5) is 0 Å². The van der Waals surface area contributed by atoms with E-state index in [1.165, 1.54) is 32.1 Å². The average Bonchev–Trinajstić information content (AvgIpc) is 3.08. The van der Waals surface area contributed by atoms with Gasteiger partial charge in [-0.3, -0.25) is 4.79 Å². The molecule has 2 heteroatoms. The third kappa shape index (κ3) is 3.58. The molecule has 0 aliphatic heterocycles. The maximum atomic E-state index is 11.6. The maximum absolute atomic E-state index is 11.6. The summed E-state index contributed by atoms with van der Waals surface area (Å²) in [5.41, 5.74) is -0.109. The Bertz CT molecular complexity index is 219. The second-order valence-electron chi connectivity index (χ2n) is 5.34. The molecule has 0 heterocycles. The van der Waals surface area contributed by atoms with E-state index in [1.54, 1.807) is 0 Å². The van der Waals surface area contributed by atoms with E-state index >= 15 is 0 Å². The number of rotatable bonds is 9. The van der Waals surface area contributed by atoms with Crippen molar-refractivity contribution in [3.8, 4) is 0 Å². The fourth-order valence-electron chi connectivity index (χ4n) is 2.60. The third-order valence-electron chi connectivity index (χ3n) is 4.06. The number of carbonyl (C=O) groups is 1. The van der Waals surface area contributed by atoms with Crippen LogP contribution in [0.25, 0.3) is 0 Å². The summed E-state index contributed by atoms with van der Waals surface area (Å²) < 4.78 is 0. The number of unbranched alkanes of at least 4 members (excludes halogenated alkanes) is 2. The Kier molecular flexibility index (Phi) is 5.47. The summed E-state index contributed by atoms with van der Waals surface area (Å²) in [5.74, 6) is 0.769. The van der Waals surface area contributed by atoms with Gasteiger partial charge in [-0.05, 0) is 25.2 Å². The van der Waals surface area contributed by atoms with Crippen molar-refractivity contribution in [2.24, 2.45) is 11.3 Å². The lowest BCUT2D eigenvalue weighted by Gasteiger charge is -2.20. The molecule has 0 radical (unpaired) electrons. The van der Waals surface area contributed by atoms with E-state index in [-0.39, 0.29) is 17.8 Å². The Morgan fingerprint density at radius 1 is 1.31 bits per heavy atom. The number of aliphatic hydroxyl groups is 1. The van der Waals surface area contributed by atoms with Crippen molar-refractivity contribution in [2.45, 2.75) is 65.2 Å². The standard InChI is InChI=1S/C14H26O2/c1-3-5-6-7-12(4-2)10-14(8-9-14)13(16)11-15/h12,15H,3-11H2,1-2H3. The molecule has 0 amide bonds. The molecule has 1 saturated carbocycles. The molecule has 16 heavy (non-hydrogen) atoms. The fourth-order valence-corrected chi connectivity index (χ4v) is 2.60. The summed E-state index contributed by atoms with van der Waals surface area (Å²) in [5, 5.41) is 8.96. The lowest BCUT2D eigenvalue weighted by atomic mass is 9.84. The van der Waals surface area contributed by atoms with E-state index in [0.29, 0.717) is 5.92 Å². The van der Waals surface area contributed by atoms with Crippen molar-refractivity contribution in [2.75, 3.05) is 6.61 Å². The van der Waals surface area contributed by atoms with Gasteiger partial charge in [0, 0.05) is 5.41 Å². The van der Waals surface area contributed by atoms with Crippen LogP contribution in [0.2, 0.25) is 0 Å². The van der Waals surface area contributed by atoms with Crippen molar-refractivity contribution in [1.29, 1.82) is 0 Å². The highest BCUT2D eigenvalue weighted by Gasteiger charge is 2.49. The Balaban J connectivity index is 2.35. The van der Waals surface area contributed by atoms with E-state index in [1.807, 2.05) is 0 Å². The first kappa shape index (κ1) is 13.7. The summed E-state index contributed by atoms with van der Waals surface area (Å²) in [6, 6.07) is 0. The minimum Gasteiger partial charge on any atom is -0.389 e. The van der Waals surface area contributed by atoms with E-state index in [4.69, 9.17) is 5.11 Å². The predicted octanol–water partition coefficient (Wildman–Crippen LogP) is 3.32. The number of ketones is 1. The van der Waals surface area contributed by atoms with E-state index in [0.717, 1.165) is 19.3 Å². The molecule has 2 nitrogen and oxygen atoms in total. The summed E-state index contributed by atoms with van der Waals surface area (Å²) in [6.45, 7) is 4.18. The van der Waals surface area contributed by atoms with Crippen molar-refractivity contribution in [3.05, 3.63) is 0 Å². The number of Topliss-reactive ketones (excluding diaryl/α,β-unsaturated/α-hetero) is 1. The second kappa shape index (κ2) is 6.39. The first-order valence-corrected chi connectivity index (χ1v) is 6.82. The Labute approximate surface area is 99.4 Å². The topological polar surface area (TPSA) is 37.3 Å². The summed E-state index contributed by atoms with van der Waals surface area (Å²) in [4.78, 5) is 11.6. The Morgan fingerprint density at radius 3 is 2.44 bits per heavy atom. The fraction of sp³-hybridized carbons (Fsp3) is 0.929. The summed E-state index contributed by atoms with van der Waals surface area (Å²) in [6.07, 6.45) is 9.32. The molecule has 1 aliphatic rings. The molecule has 0 aromatic heterocycles. The van der Waals surface area contributed by atoms with Crippen LogP contribution < -0.4 is 0 Å². The molecule has 1 aliphatic carbocycles. The lowest BCUT2D eigenvalue weighted by molar-refractivity contribution is -0.127. The molecule has 94 valence electrons. The molecular weight excluding hydrogens is 200 g/mol. The van der Waals surface area contributed by atoms with Crippen LogP contribution in [0.3, 0.4) is 0 Å². The molecule has 0 spiro atoms. The second-order valence-corrected chi connectivity index (χ2v) is 5.34. The van der Waals surface area contributed by atoms with Crippen LogP contribution in [0.5, 0.6) is 0 Å². The van der Waals surface area contributed by atoms with Crippen LogP contribution in [0.15, 0.2) is 0 Å². The van der Waals surface area contributed by atoms with Gasteiger partial charge < -0.3 is 5.11 Å². The monoisotopic (exact) mass is 226 g/mol. The average molecular weight is 226 g/mol. The van der Waals surface area contributed by atoms with Crippen LogP contribution >= 0.6 is 0 Å². The normalized spacial score (nSPS) is 19.4. The maximum Gasteiger partial charge on any atom is 0.164 e. The SMILES string of the molecule is CCCCCC(CC)CC1(C(=O)CO)CC1. The minimum absolute atomic E-state index is 0.0847. The van der Waals surface area contributed by atoms with Gasteiger partial charge in [-0.2, -0.15) is 0 Å². The highest BCUT2D eigenvalue weighted by atomic mass is 16.3. The zero-order valence-electron chi connectivity index (χ0n) is 10.8. The van der Waals surface area contributed by atoms with E-state index in [9.17, 15) is 4.79 Å². The summed E-state index contributed by atoms with van der Waals surface area (Å²) >= 11 is 0. The van der Waals surface area contributed by atoms with Crippen molar-refractivity contribution >= 4 is 5.78 Å². The van der Waals surface area contributed by atoms with Crippen molar-refractivity contribution in [3.63, 3.8) is 0 Å². The molecular formula is C14H26O2. The first-order valence-electron chi connectivity index (χ1n) is 6.82. The predicted molar refractivity (Wildman–Crippen MR) is 66.3 cm³/mol. The quantitative estimate of drug-likeness (QED) is 0.612. The first-order chi connectivity index (χ1) is 7.68. The molecule has 1 atom stereocenters. The number of aliphatic hydroxyl groups excluding tert-OH is 1. The van der Waals surface area contributed by atoms with E-state index in [2.05, 4.69) is 13.8 Å². The molecule has 0 aromatic rings. The summed E-state index contributed by atoms with van der Waals surface area (Å²) in [7, 11) is 0. The highest BCUT2D eigenvalue weighted by molar-refractivity contribution is 5.88. The smallest absolute Gasteiger partial charge is 0.164 e. The van der Waals surface area contributed by atoms with Gasteiger partial charge in [-0.15, -0.1) is 0 Å². The molecule has 0 saturated heterocycles. The van der Waals surface area contributed by atoms with E-state index < -0.39 is 0 Å². The Hall–Kier alpha value is -0.370. The van der Waals surface area contributed by atoms with Crippen LogP contribution in [-0.2, 0) is 4.79 Å². The minimum atomic E-state index is -0.259.